The number of amides is 2. The summed E-state index contributed by atoms with van der Waals surface area (Å²) >= 11 is 0. The zero-order valence-corrected chi connectivity index (χ0v) is 16.8. The molecule has 0 saturated heterocycles. The minimum absolute atomic E-state index is 0.000704. The number of ether oxygens (including phenoxy) is 1. The van der Waals surface area contributed by atoms with Gasteiger partial charge in [-0.05, 0) is 98.8 Å². The second-order valence-electron chi connectivity index (χ2n) is 9.91. The molecule has 28 heavy (non-hydrogen) atoms. The van der Waals surface area contributed by atoms with Gasteiger partial charge in [0.25, 0.3) is 0 Å². The van der Waals surface area contributed by atoms with Crippen LogP contribution in [0.5, 0.6) is 5.75 Å². The highest BCUT2D eigenvalue weighted by Gasteiger charge is 2.51. The summed E-state index contributed by atoms with van der Waals surface area (Å²) in [5, 5.41) is 17.6. The number of hydrogen-bond donors (Lipinski definition) is 3. The van der Waals surface area contributed by atoms with Crippen LogP contribution >= 0.6 is 0 Å². The predicted octanol–water partition coefficient (Wildman–Crippen LogP) is 3.49. The van der Waals surface area contributed by atoms with E-state index in [4.69, 9.17) is 4.74 Å². The maximum Gasteiger partial charge on any atom is 0.315 e. The van der Waals surface area contributed by atoms with Crippen LogP contribution in [0.4, 0.5) is 4.79 Å². The monoisotopic (exact) mass is 384 g/mol. The molecule has 2 amide bonds. The Balaban J connectivity index is 1.25. The average Bonchev–Trinajstić information content (AvgIpc) is 2.65. The molecule has 0 aromatic heterocycles. The number of methoxy groups -OCH3 is 1. The maximum absolute atomic E-state index is 12.8. The molecule has 5 nitrogen and oxygen atoms in total. The largest absolute Gasteiger partial charge is 0.497 e. The minimum atomic E-state index is -1.00. The van der Waals surface area contributed by atoms with Crippen molar-refractivity contribution < 1.29 is 14.6 Å². The second kappa shape index (κ2) is 6.65. The molecule has 1 unspecified atom stereocenters. The van der Waals surface area contributed by atoms with Crippen molar-refractivity contribution in [1.29, 1.82) is 0 Å². The highest BCUT2D eigenvalue weighted by molar-refractivity contribution is 5.75. The van der Waals surface area contributed by atoms with E-state index in [1.165, 1.54) is 19.3 Å². The predicted molar refractivity (Wildman–Crippen MR) is 107 cm³/mol. The lowest BCUT2D eigenvalue weighted by Gasteiger charge is -2.56. The van der Waals surface area contributed by atoms with Crippen molar-refractivity contribution in [3.05, 3.63) is 29.3 Å². The Hall–Kier alpha value is -1.75. The number of nitrogens with one attached hydrogen (secondary N) is 2. The number of aliphatic hydroxyl groups is 1. The molecule has 0 aliphatic heterocycles. The van der Waals surface area contributed by atoms with Gasteiger partial charge in [0.2, 0.25) is 0 Å². The number of fused-ring (bicyclic) bond motifs is 1. The van der Waals surface area contributed by atoms with E-state index in [2.05, 4.69) is 10.6 Å². The molecule has 0 radical (unpaired) electrons. The highest BCUT2D eigenvalue weighted by Crippen LogP contribution is 2.55. The van der Waals surface area contributed by atoms with Crippen molar-refractivity contribution >= 4 is 6.03 Å². The van der Waals surface area contributed by atoms with Crippen LogP contribution in [0.2, 0.25) is 0 Å². The van der Waals surface area contributed by atoms with Crippen LogP contribution in [0.1, 0.15) is 62.5 Å². The van der Waals surface area contributed by atoms with Gasteiger partial charge in [0.1, 0.15) is 11.4 Å². The Morgan fingerprint density at radius 2 is 1.86 bits per heavy atom. The third-order valence-electron chi connectivity index (χ3n) is 7.81. The third-order valence-corrected chi connectivity index (χ3v) is 7.81. The Kier molecular flexibility index (Phi) is 4.34. The van der Waals surface area contributed by atoms with Crippen molar-refractivity contribution in [1.82, 2.24) is 10.6 Å². The molecule has 1 atom stereocenters. The SMILES string of the molecule is COc1ccc2c(c1)CCCC2(O)CNC(=O)NC12CC3CC(CC(C3)C1)C2. The summed E-state index contributed by atoms with van der Waals surface area (Å²) in [6, 6.07) is 5.74. The zero-order chi connectivity index (χ0) is 19.4. The van der Waals surface area contributed by atoms with Crippen molar-refractivity contribution in [2.24, 2.45) is 17.8 Å². The summed E-state index contributed by atoms with van der Waals surface area (Å²) < 4.78 is 5.32. The number of hydrogen-bond acceptors (Lipinski definition) is 3. The fourth-order valence-electron chi connectivity index (χ4n) is 7.02. The molecule has 3 N–H and O–H groups in total. The van der Waals surface area contributed by atoms with Gasteiger partial charge in [0.15, 0.2) is 0 Å². The van der Waals surface area contributed by atoms with Crippen LogP contribution in [0.25, 0.3) is 0 Å². The van der Waals surface area contributed by atoms with Crippen molar-refractivity contribution in [2.75, 3.05) is 13.7 Å². The van der Waals surface area contributed by atoms with Crippen LogP contribution < -0.4 is 15.4 Å². The first-order valence-electron chi connectivity index (χ1n) is 10.9. The van der Waals surface area contributed by atoms with Gasteiger partial charge in [-0.1, -0.05) is 6.07 Å². The molecular formula is C23H32N2O3. The Labute approximate surface area is 167 Å². The quantitative estimate of drug-likeness (QED) is 0.744. The van der Waals surface area contributed by atoms with Gasteiger partial charge in [-0.2, -0.15) is 0 Å². The summed E-state index contributed by atoms with van der Waals surface area (Å²) in [4.78, 5) is 12.8. The number of urea groups is 1. The first kappa shape index (κ1) is 18.3. The van der Waals surface area contributed by atoms with E-state index in [0.717, 1.165) is 66.7 Å². The zero-order valence-electron chi connectivity index (χ0n) is 16.8. The Morgan fingerprint density at radius 1 is 1.18 bits per heavy atom. The lowest BCUT2D eigenvalue weighted by molar-refractivity contribution is -0.0148. The van der Waals surface area contributed by atoms with E-state index in [-0.39, 0.29) is 18.1 Å². The van der Waals surface area contributed by atoms with Gasteiger partial charge in [-0.25, -0.2) is 4.79 Å². The van der Waals surface area contributed by atoms with E-state index < -0.39 is 5.60 Å². The van der Waals surface area contributed by atoms with Crippen LogP contribution in [0.3, 0.4) is 0 Å². The lowest BCUT2D eigenvalue weighted by atomic mass is 9.53. The van der Waals surface area contributed by atoms with Crippen molar-refractivity contribution in [3.63, 3.8) is 0 Å². The normalized spacial score (nSPS) is 38.0. The standard InChI is InChI=1S/C23H32N2O3/c1-28-19-4-5-20-18(10-19)3-2-6-23(20,27)14-24-21(26)25-22-11-15-7-16(12-22)9-17(8-15)13-22/h4-5,10,15-17,27H,2-3,6-9,11-14H2,1H3,(H2,24,25,26). The first-order chi connectivity index (χ1) is 13.5. The first-order valence-corrected chi connectivity index (χ1v) is 10.9. The van der Waals surface area contributed by atoms with Crippen molar-refractivity contribution in [3.8, 4) is 5.75 Å². The van der Waals surface area contributed by atoms with Crippen molar-refractivity contribution in [2.45, 2.75) is 68.9 Å². The molecule has 6 rings (SSSR count). The molecule has 1 aromatic carbocycles. The molecule has 4 saturated carbocycles. The van der Waals surface area contributed by atoms with E-state index in [9.17, 15) is 9.90 Å². The number of rotatable bonds is 4. The molecular weight excluding hydrogens is 352 g/mol. The minimum Gasteiger partial charge on any atom is -0.497 e. The molecule has 0 spiro atoms. The van der Waals surface area contributed by atoms with E-state index in [1.807, 2.05) is 18.2 Å². The molecule has 4 bridgehead atoms. The molecule has 152 valence electrons. The van der Waals surface area contributed by atoms with Gasteiger partial charge < -0.3 is 20.5 Å². The summed E-state index contributed by atoms with van der Waals surface area (Å²) in [7, 11) is 1.66. The number of carbonyl (C=O) groups excluding carboxylic acids is 1. The third kappa shape index (κ3) is 3.18. The van der Waals surface area contributed by atoms with Gasteiger partial charge in [0, 0.05) is 5.54 Å². The Morgan fingerprint density at radius 3 is 2.50 bits per heavy atom. The fourth-order valence-corrected chi connectivity index (χ4v) is 7.02. The molecule has 1 aromatic rings. The highest BCUT2D eigenvalue weighted by atomic mass is 16.5. The van der Waals surface area contributed by atoms with Gasteiger partial charge in [-0.15, -0.1) is 0 Å². The van der Waals surface area contributed by atoms with Crippen LogP contribution in [0, 0.1) is 17.8 Å². The summed E-state index contributed by atoms with van der Waals surface area (Å²) in [5.74, 6) is 3.22. The smallest absolute Gasteiger partial charge is 0.315 e. The molecule has 4 fully saturated rings. The molecule has 0 heterocycles. The van der Waals surface area contributed by atoms with Gasteiger partial charge >= 0.3 is 6.03 Å². The maximum atomic E-state index is 12.8. The van der Waals surface area contributed by atoms with Crippen LogP contribution in [0.15, 0.2) is 18.2 Å². The average molecular weight is 385 g/mol. The molecule has 5 aliphatic carbocycles. The number of carbonyl (C=O) groups is 1. The second-order valence-corrected chi connectivity index (χ2v) is 9.91. The van der Waals surface area contributed by atoms with Gasteiger partial charge in [0.05, 0.1) is 13.7 Å². The number of benzene rings is 1. The summed E-state index contributed by atoms with van der Waals surface area (Å²) in [6.07, 6.45) is 10.0. The van der Waals surface area contributed by atoms with E-state index in [0.29, 0.717) is 6.42 Å². The topological polar surface area (TPSA) is 70.6 Å². The molecule has 5 aliphatic rings. The lowest BCUT2D eigenvalue weighted by Crippen LogP contribution is -2.62. The summed E-state index contributed by atoms with van der Waals surface area (Å²) in [5.41, 5.74) is 1.05. The van der Waals surface area contributed by atoms with E-state index in [1.54, 1.807) is 7.11 Å². The summed E-state index contributed by atoms with van der Waals surface area (Å²) in [6.45, 7) is 0.254. The van der Waals surface area contributed by atoms with E-state index >= 15 is 0 Å². The van der Waals surface area contributed by atoms with Crippen LogP contribution in [-0.2, 0) is 12.0 Å². The van der Waals surface area contributed by atoms with Crippen LogP contribution in [-0.4, -0.2) is 30.3 Å². The van der Waals surface area contributed by atoms with Gasteiger partial charge in [-0.3, -0.25) is 0 Å². The number of aryl methyl sites for hydroxylation is 1. The fraction of sp³-hybridized carbons (Fsp3) is 0.696. The molecule has 5 heteroatoms. The Bertz CT molecular complexity index is 742.